The monoisotopic (exact) mass is 245 g/mol. The maximum Gasteiger partial charge on any atom is 0.164 e. The smallest absolute Gasteiger partial charge is 0.164 e. The van der Waals surface area contributed by atoms with Crippen molar-refractivity contribution in [3.8, 4) is 0 Å². The number of carbonyl (C=O) groups excluding carboxylic acids is 2. The number of ketones is 2. The van der Waals surface area contributed by atoms with E-state index in [1.807, 2.05) is 0 Å². The van der Waals surface area contributed by atoms with E-state index in [-0.39, 0.29) is 22.4 Å². The topological polar surface area (TPSA) is 37.4 Å². The van der Waals surface area contributed by atoms with Crippen LogP contribution in [0.15, 0.2) is 0 Å². The van der Waals surface area contributed by atoms with Gasteiger partial charge in [-0.15, -0.1) is 0 Å². The molecule has 3 nitrogen and oxygen atoms in total. The lowest BCUT2D eigenvalue weighted by Crippen LogP contribution is -2.54. The molecule has 2 saturated heterocycles. The summed E-state index contributed by atoms with van der Waals surface area (Å²) in [6.45, 7) is 1.72. The zero-order valence-corrected chi connectivity index (χ0v) is 8.92. The highest BCUT2D eigenvalue weighted by atomic mass is 79.9. The van der Waals surface area contributed by atoms with Crippen molar-refractivity contribution in [2.75, 3.05) is 13.1 Å². The number of carbonyl (C=O) groups is 2. The zero-order chi connectivity index (χ0) is 9.42. The van der Waals surface area contributed by atoms with Crippen LogP contribution in [0.25, 0.3) is 0 Å². The Labute approximate surface area is 85.6 Å². The molecule has 2 unspecified atom stereocenters. The van der Waals surface area contributed by atoms with Gasteiger partial charge in [-0.3, -0.25) is 14.5 Å². The summed E-state index contributed by atoms with van der Waals surface area (Å²) in [5, 5.41) is 0. The van der Waals surface area contributed by atoms with Crippen LogP contribution in [-0.4, -0.2) is 40.4 Å². The molecule has 2 heterocycles. The van der Waals surface area contributed by atoms with Gasteiger partial charge in [0.2, 0.25) is 0 Å². The number of rotatable bonds is 0. The first kappa shape index (κ1) is 9.34. The molecule has 0 aromatic carbocycles. The van der Waals surface area contributed by atoms with Crippen LogP contribution in [-0.2, 0) is 9.59 Å². The van der Waals surface area contributed by atoms with Gasteiger partial charge in [-0.25, -0.2) is 0 Å². The third-order valence-electron chi connectivity index (χ3n) is 2.85. The Balaban J connectivity index is 2.13. The van der Waals surface area contributed by atoms with Crippen LogP contribution in [0.2, 0.25) is 0 Å². The first-order chi connectivity index (χ1) is 6.18. The van der Waals surface area contributed by atoms with Crippen molar-refractivity contribution in [1.82, 2.24) is 4.90 Å². The number of piperidine rings is 2. The van der Waals surface area contributed by atoms with Crippen molar-refractivity contribution in [3.63, 3.8) is 0 Å². The molecule has 13 heavy (non-hydrogen) atoms. The van der Waals surface area contributed by atoms with Crippen LogP contribution in [0.3, 0.4) is 0 Å². The Morgan fingerprint density at radius 3 is 2.85 bits per heavy atom. The van der Waals surface area contributed by atoms with Crippen LogP contribution in [0.1, 0.15) is 19.3 Å². The van der Waals surface area contributed by atoms with E-state index in [0.717, 1.165) is 19.5 Å². The molecule has 2 fully saturated rings. The Morgan fingerprint density at radius 2 is 2.08 bits per heavy atom. The molecule has 2 aliphatic heterocycles. The van der Waals surface area contributed by atoms with Gasteiger partial charge in [0, 0.05) is 25.9 Å². The van der Waals surface area contributed by atoms with Crippen LogP contribution in [0.4, 0.5) is 0 Å². The van der Waals surface area contributed by atoms with Crippen LogP contribution < -0.4 is 0 Å². The molecule has 0 saturated carbocycles. The first-order valence-corrected chi connectivity index (χ1v) is 5.53. The largest absolute Gasteiger partial charge is 0.300 e. The van der Waals surface area contributed by atoms with Gasteiger partial charge >= 0.3 is 0 Å². The standard InChI is InChI=1S/C9H12BrNO2/c10-7-2-4-11-3-1-6(12)5-8(11)9(7)13/h7-8H,1-5H2. The number of Topliss-reactive ketones (excluding diaryl/α,β-unsaturated/α-hetero) is 2. The second kappa shape index (κ2) is 3.50. The summed E-state index contributed by atoms with van der Waals surface area (Å²) in [7, 11) is 0. The van der Waals surface area contributed by atoms with Gasteiger partial charge in [0.1, 0.15) is 5.78 Å². The summed E-state index contributed by atoms with van der Waals surface area (Å²) in [5.41, 5.74) is 0. The molecule has 0 aliphatic carbocycles. The number of halogens is 1. The van der Waals surface area contributed by atoms with Gasteiger partial charge in [-0.1, -0.05) is 15.9 Å². The molecule has 4 heteroatoms. The van der Waals surface area contributed by atoms with E-state index in [1.165, 1.54) is 0 Å². The minimum absolute atomic E-state index is 0.0281. The summed E-state index contributed by atoms with van der Waals surface area (Å²) in [5.74, 6) is 0.426. The molecule has 0 spiro atoms. The normalized spacial score (nSPS) is 36.1. The lowest BCUT2D eigenvalue weighted by Gasteiger charge is -2.38. The van der Waals surface area contributed by atoms with Crippen molar-refractivity contribution in [1.29, 1.82) is 0 Å². The van der Waals surface area contributed by atoms with E-state index in [9.17, 15) is 9.59 Å². The number of hydrogen-bond acceptors (Lipinski definition) is 3. The fraction of sp³-hybridized carbons (Fsp3) is 0.778. The maximum atomic E-state index is 11.7. The lowest BCUT2D eigenvalue weighted by atomic mass is 9.91. The third-order valence-corrected chi connectivity index (χ3v) is 3.76. The highest BCUT2D eigenvalue weighted by Crippen LogP contribution is 2.25. The van der Waals surface area contributed by atoms with Gasteiger partial charge in [-0.2, -0.15) is 0 Å². The first-order valence-electron chi connectivity index (χ1n) is 4.62. The second-order valence-corrected chi connectivity index (χ2v) is 4.81. The van der Waals surface area contributed by atoms with Crippen molar-refractivity contribution < 1.29 is 9.59 Å². The molecule has 72 valence electrons. The van der Waals surface area contributed by atoms with Crippen LogP contribution >= 0.6 is 15.9 Å². The predicted molar refractivity (Wildman–Crippen MR) is 51.9 cm³/mol. The van der Waals surface area contributed by atoms with Gasteiger partial charge < -0.3 is 0 Å². The van der Waals surface area contributed by atoms with Gasteiger partial charge in [-0.05, 0) is 6.42 Å². The highest BCUT2D eigenvalue weighted by Gasteiger charge is 2.38. The van der Waals surface area contributed by atoms with E-state index in [4.69, 9.17) is 0 Å². The van der Waals surface area contributed by atoms with Crippen LogP contribution in [0.5, 0.6) is 0 Å². The Bertz CT molecular complexity index is 254. The average molecular weight is 246 g/mol. The molecule has 2 aliphatic rings. The number of alkyl halides is 1. The Kier molecular flexibility index (Phi) is 2.51. The Hall–Kier alpha value is -0.220. The number of nitrogens with zero attached hydrogens (tertiary/aromatic N) is 1. The van der Waals surface area contributed by atoms with Crippen molar-refractivity contribution >= 4 is 27.5 Å². The Morgan fingerprint density at radius 1 is 1.31 bits per heavy atom. The highest BCUT2D eigenvalue weighted by molar-refractivity contribution is 9.10. The van der Waals surface area contributed by atoms with Crippen molar-refractivity contribution in [2.45, 2.75) is 30.1 Å². The third kappa shape index (κ3) is 1.70. The molecule has 0 radical (unpaired) electrons. The molecular formula is C9H12BrNO2. The quantitative estimate of drug-likeness (QED) is 0.592. The molecule has 0 aromatic heterocycles. The molecular weight excluding hydrogens is 234 g/mol. The van der Waals surface area contributed by atoms with Crippen molar-refractivity contribution in [3.05, 3.63) is 0 Å². The second-order valence-electron chi connectivity index (χ2n) is 3.70. The van der Waals surface area contributed by atoms with Gasteiger partial charge in [0.15, 0.2) is 5.78 Å². The van der Waals surface area contributed by atoms with Gasteiger partial charge in [0.05, 0.1) is 10.9 Å². The summed E-state index contributed by atoms with van der Waals surface area (Å²) in [6, 6.07) is -0.126. The summed E-state index contributed by atoms with van der Waals surface area (Å²) >= 11 is 3.35. The summed E-state index contributed by atoms with van der Waals surface area (Å²) in [4.78, 5) is 25.0. The van der Waals surface area contributed by atoms with Crippen molar-refractivity contribution in [2.24, 2.45) is 0 Å². The summed E-state index contributed by atoms with van der Waals surface area (Å²) in [6.07, 6.45) is 1.93. The SMILES string of the molecule is O=C1CCN2CCC(Br)C(=O)C2C1. The fourth-order valence-corrected chi connectivity index (χ4v) is 2.56. The van der Waals surface area contributed by atoms with Gasteiger partial charge in [0.25, 0.3) is 0 Å². The van der Waals surface area contributed by atoms with E-state index in [1.54, 1.807) is 0 Å². The maximum absolute atomic E-state index is 11.7. The minimum Gasteiger partial charge on any atom is -0.300 e. The molecule has 0 aromatic rings. The fourth-order valence-electron chi connectivity index (χ4n) is 2.05. The zero-order valence-electron chi connectivity index (χ0n) is 7.33. The molecule has 2 rings (SSSR count). The van der Waals surface area contributed by atoms with E-state index >= 15 is 0 Å². The number of fused-ring (bicyclic) bond motifs is 1. The van der Waals surface area contributed by atoms with Crippen LogP contribution in [0, 0.1) is 0 Å². The van der Waals surface area contributed by atoms with E-state index in [0.29, 0.717) is 12.8 Å². The molecule has 0 amide bonds. The summed E-state index contributed by atoms with van der Waals surface area (Å²) < 4.78 is 0. The number of hydrogen-bond donors (Lipinski definition) is 0. The molecule has 0 N–H and O–H groups in total. The minimum atomic E-state index is -0.126. The van der Waals surface area contributed by atoms with E-state index in [2.05, 4.69) is 20.8 Å². The average Bonchev–Trinajstić information content (AvgIpc) is 2.12. The van der Waals surface area contributed by atoms with E-state index < -0.39 is 0 Å². The molecule has 2 atom stereocenters. The predicted octanol–water partition coefficient (Wildman–Crippen LogP) is 0.756. The molecule has 0 bridgehead atoms. The lowest BCUT2D eigenvalue weighted by molar-refractivity contribution is -0.134.